The number of carbonyl (C=O) groups is 3. The van der Waals surface area contributed by atoms with Crippen LogP contribution in [0.5, 0.6) is 5.75 Å². The molecule has 0 bridgehead atoms. The molecule has 1 aliphatic carbocycles. The molecule has 32 heavy (non-hydrogen) atoms. The van der Waals surface area contributed by atoms with Crippen LogP contribution in [0.3, 0.4) is 0 Å². The summed E-state index contributed by atoms with van der Waals surface area (Å²) in [5.74, 6) is -1.95. The molecule has 1 aromatic heterocycles. The van der Waals surface area contributed by atoms with Gasteiger partial charge in [0, 0.05) is 18.0 Å². The normalized spacial score (nSPS) is 17.7. The van der Waals surface area contributed by atoms with Crippen molar-refractivity contribution in [2.24, 2.45) is 5.92 Å². The number of nitrogens with one attached hydrogen (secondary N) is 2. The first-order valence-electron chi connectivity index (χ1n) is 10.5. The van der Waals surface area contributed by atoms with Crippen LogP contribution in [-0.4, -0.2) is 42.3 Å². The Morgan fingerprint density at radius 3 is 2.72 bits per heavy atom. The predicted octanol–water partition coefficient (Wildman–Crippen LogP) is 3.15. The van der Waals surface area contributed by atoms with Gasteiger partial charge in [-0.15, -0.1) is 11.3 Å². The first kappa shape index (κ1) is 22.2. The van der Waals surface area contributed by atoms with Gasteiger partial charge in [-0.3, -0.25) is 25.2 Å². The van der Waals surface area contributed by atoms with Crippen molar-refractivity contribution in [3.63, 3.8) is 0 Å². The van der Waals surface area contributed by atoms with Crippen LogP contribution >= 0.6 is 11.3 Å². The van der Waals surface area contributed by atoms with Crippen LogP contribution in [0.4, 0.5) is 8.78 Å². The average Bonchev–Trinajstić information content (AvgIpc) is 3.39. The third-order valence-electron chi connectivity index (χ3n) is 5.68. The molecule has 1 aliphatic heterocycles. The number of likely N-dealkylation sites (tertiary alicyclic amines) is 1. The van der Waals surface area contributed by atoms with Crippen molar-refractivity contribution in [2.45, 2.75) is 38.7 Å². The molecule has 170 valence electrons. The molecule has 7 nitrogen and oxygen atoms in total. The van der Waals surface area contributed by atoms with Gasteiger partial charge in [-0.1, -0.05) is 12.1 Å². The zero-order chi connectivity index (χ0) is 22.7. The number of halogens is 2. The number of aryl methyl sites for hydroxylation is 2. The molecule has 1 saturated heterocycles. The van der Waals surface area contributed by atoms with E-state index in [1.54, 1.807) is 6.07 Å². The molecule has 1 aromatic carbocycles. The molecule has 1 atom stereocenters. The molecule has 2 N–H and O–H groups in total. The lowest BCUT2D eigenvalue weighted by atomic mass is 9.96. The topological polar surface area (TPSA) is 87.7 Å². The summed E-state index contributed by atoms with van der Waals surface area (Å²) in [6.45, 7) is -2.52. The highest BCUT2D eigenvalue weighted by Crippen LogP contribution is 2.30. The van der Waals surface area contributed by atoms with Crippen molar-refractivity contribution in [1.82, 2.24) is 15.8 Å². The van der Waals surface area contributed by atoms with E-state index in [-0.39, 0.29) is 23.8 Å². The third-order valence-corrected chi connectivity index (χ3v) is 6.92. The molecular formula is C22H23F2N3O4S. The SMILES string of the molecule is O=C(NNC(=O)C1CCCN(C(=O)c2ccccc2OC(F)F)C1)c1cc2c(s1)CCC2. The number of para-hydroxylation sites is 1. The van der Waals surface area contributed by atoms with Crippen molar-refractivity contribution in [3.8, 4) is 5.75 Å². The summed E-state index contributed by atoms with van der Waals surface area (Å²) in [6, 6.07) is 7.67. The van der Waals surface area contributed by atoms with Crippen molar-refractivity contribution in [3.05, 3.63) is 51.2 Å². The van der Waals surface area contributed by atoms with Gasteiger partial charge < -0.3 is 9.64 Å². The highest BCUT2D eigenvalue weighted by molar-refractivity contribution is 7.14. The van der Waals surface area contributed by atoms with Crippen LogP contribution in [0.2, 0.25) is 0 Å². The van der Waals surface area contributed by atoms with Gasteiger partial charge in [-0.2, -0.15) is 8.78 Å². The van der Waals surface area contributed by atoms with Gasteiger partial charge in [0.25, 0.3) is 11.8 Å². The maximum absolute atomic E-state index is 12.9. The summed E-state index contributed by atoms with van der Waals surface area (Å²) in [7, 11) is 0. The van der Waals surface area contributed by atoms with Gasteiger partial charge in [-0.05, 0) is 55.9 Å². The Labute approximate surface area is 187 Å². The molecule has 2 aromatic rings. The minimum absolute atomic E-state index is 0.0212. The van der Waals surface area contributed by atoms with Crippen LogP contribution in [0, 0.1) is 5.92 Å². The highest BCUT2D eigenvalue weighted by Gasteiger charge is 2.30. The second-order valence-electron chi connectivity index (χ2n) is 7.82. The standard InChI is InChI=1S/C22H23F2N3O4S/c23-22(24)31-16-8-2-1-7-15(16)21(30)27-10-4-6-14(12-27)19(28)25-26-20(29)18-11-13-5-3-9-17(13)32-18/h1-2,7-8,11,14,22H,3-6,9-10,12H2,(H,25,28)(H,26,29). The molecule has 4 rings (SSSR count). The average molecular weight is 464 g/mol. The Balaban J connectivity index is 1.34. The number of thiophene rings is 1. The third kappa shape index (κ3) is 4.90. The number of alkyl halides is 2. The number of carbonyl (C=O) groups excluding carboxylic acids is 3. The van der Waals surface area contributed by atoms with Gasteiger partial charge in [0.05, 0.1) is 16.4 Å². The summed E-state index contributed by atoms with van der Waals surface area (Å²) < 4.78 is 29.8. The minimum Gasteiger partial charge on any atom is -0.434 e. The number of hydrazine groups is 1. The summed E-state index contributed by atoms with van der Waals surface area (Å²) in [4.78, 5) is 41.1. The number of piperidine rings is 1. The smallest absolute Gasteiger partial charge is 0.387 e. The molecule has 1 unspecified atom stereocenters. The minimum atomic E-state index is -3.04. The monoisotopic (exact) mass is 463 g/mol. The molecule has 10 heteroatoms. The molecule has 1 fully saturated rings. The van der Waals surface area contributed by atoms with E-state index in [1.165, 1.54) is 44.9 Å². The highest BCUT2D eigenvalue weighted by atomic mass is 32.1. The van der Waals surface area contributed by atoms with Crippen molar-refractivity contribution in [2.75, 3.05) is 13.1 Å². The number of benzene rings is 1. The Bertz CT molecular complexity index is 1000. The van der Waals surface area contributed by atoms with Crippen molar-refractivity contribution >= 4 is 29.1 Å². The molecule has 0 spiro atoms. The summed E-state index contributed by atoms with van der Waals surface area (Å²) in [5, 5.41) is 0. The molecule has 3 amide bonds. The number of rotatable bonds is 5. The first-order chi connectivity index (χ1) is 15.4. The fraction of sp³-hybridized carbons (Fsp3) is 0.409. The lowest BCUT2D eigenvalue weighted by molar-refractivity contribution is -0.127. The van der Waals surface area contributed by atoms with E-state index in [4.69, 9.17) is 0 Å². The quantitative estimate of drug-likeness (QED) is 0.667. The van der Waals surface area contributed by atoms with E-state index in [0.717, 1.165) is 19.3 Å². The lowest BCUT2D eigenvalue weighted by Crippen LogP contribution is -2.50. The molecule has 0 radical (unpaired) electrons. The maximum Gasteiger partial charge on any atom is 0.387 e. The van der Waals surface area contributed by atoms with Gasteiger partial charge in [0.2, 0.25) is 5.91 Å². The molecule has 2 heterocycles. The number of fused-ring (bicyclic) bond motifs is 1. The predicted molar refractivity (Wildman–Crippen MR) is 114 cm³/mol. The van der Waals surface area contributed by atoms with Crippen molar-refractivity contribution in [1.29, 1.82) is 0 Å². The lowest BCUT2D eigenvalue weighted by Gasteiger charge is -2.32. The Morgan fingerprint density at radius 1 is 1.12 bits per heavy atom. The van der Waals surface area contributed by atoms with E-state index >= 15 is 0 Å². The number of ether oxygens (including phenoxy) is 1. The zero-order valence-corrected chi connectivity index (χ0v) is 18.1. The molecule has 2 aliphatic rings. The van der Waals surface area contributed by atoms with Crippen LogP contribution in [0.25, 0.3) is 0 Å². The van der Waals surface area contributed by atoms with Gasteiger partial charge in [0.15, 0.2) is 0 Å². The number of hydrogen-bond donors (Lipinski definition) is 2. The number of amides is 3. The Morgan fingerprint density at radius 2 is 1.94 bits per heavy atom. The Kier molecular flexibility index (Phi) is 6.69. The summed E-state index contributed by atoms with van der Waals surface area (Å²) >= 11 is 1.44. The fourth-order valence-corrected chi connectivity index (χ4v) is 5.26. The van der Waals surface area contributed by atoms with Crippen molar-refractivity contribution < 1.29 is 27.9 Å². The second kappa shape index (κ2) is 9.64. The Hall–Kier alpha value is -3.01. The number of hydrogen-bond acceptors (Lipinski definition) is 5. The van der Waals surface area contributed by atoms with Crippen LogP contribution in [-0.2, 0) is 17.6 Å². The molecular weight excluding hydrogens is 440 g/mol. The number of nitrogens with zero attached hydrogens (tertiary/aromatic N) is 1. The molecule has 0 saturated carbocycles. The van der Waals surface area contributed by atoms with E-state index in [9.17, 15) is 23.2 Å². The van der Waals surface area contributed by atoms with Crippen LogP contribution < -0.4 is 15.6 Å². The maximum atomic E-state index is 12.9. The second-order valence-corrected chi connectivity index (χ2v) is 8.96. The van der Waals surface area contributed by atoms with E-state index in [0.29, 0.717) is 24.3 Å². The van der Waals surface area contributed by atoms with E-state index < -0.39 is 24.3 Å². The van der Waals surface area contributed by atoms with Crippen LogP contribution in [0.15, 0.2) is 30.3 Å². The first-order valence-corrected chi connectivity index (χ1v) is 11.3. The summed E-state index contributed by atoms with van der Waals surface area (Å²) in [6.07, 6.45) is 4.19. The largest absolute Gasteiger partial charge is 0.434 e. The van der Waals surface area contributed by atoms with E-state index in [2.05, 4.69) is 15.6 Å². The fourth-order valence-electron chi connectivity index (χ4n) is 4.11. The van der Waals surface area contributed by atoms with Gasteiger partial charge in [0.1, 0.15) is 5.75 Å². The van der Waals surface area contributed by atoms with Crippen LogP contribution in [0.1, 0.15) is 49.7 Å². The summed E-state index contributed by atoms with van der Waals surface area (Å²) in [5.41, 5.74) is 6.13. The van der Waals surface area contributed by atoms with Gasteiger partial charge >= 0.3 is 6.61 Å². The zero-order valence-electron chi connectivity index (χ0n) is 17.2. The van der Waals surface area contributed by atoms with Gasteiger partial charge in [-0.25, -0.2) is 0 Å². The van der Waals surface area contributed by atoms with E-state index in [1.807, 2.05) is 6.07 Å².